The summed E-state index contributed by atoms with van der Waals surface area (Å²) in [6.45, 7) is 0.724. The zero-order chi connectivity index (χ0) is 16.8. The molecular weight excluding hydrogens is 347 g/mol. The SMILES string of the molecule is O=C(Nc1cc2c3c(c1)CCN3C(=O)CC2)c1ccc(Cl)cc1Cl. The van der Waals surface area contributed by atoms with Crippen LogP contribution in [-0.4, -0.2) is 18.4 Å². The molecule has 4 nitrogen and oxygen atoms in total. The lowest BCUT2D eigenvalue weighted by Gasteiger charge is -2.25. The lowest BCUT2D eigenvalue weighted by molar-refractivity contribution is -0.118. The van der Waals surface area contributed by atoms with Crippen molar-refractivity contribution in [1.82, 2.24) is 0 Å². The molecule has 0 saturated heterocycles. The average molecular weight is 361 g/mol. The Morgan fingerprint density at radius 3 is 2.54 bits per heavy atom. The third-order valence-electron chi connectivity index (χ3n) is 4.49. The highest BCUT2D eigenvalue weighted by Gasteiger charge is 2.31. The number of nitrogens with zero attached hydrogens (tertiary/aromatic N) is 1. The zero-order valence-electron chi connectivity index (χ0n) is 12.7. The Bertz CT molecular complexity index is 880. The number of carbonyl (C=O) groups is 2. The highest BCUT2D eigenvalue weighted by atomic mass is 35.5. The molecule has 0 fully saturated rings. The van der Waals surface area contributed by atoms with Crippen LogP contribution in [0.3, 0.4) is 0 Å². The molecule has 24 heavy (non-hydrogen) atoms. The van der Waals surface area contributed by atoms with Gasteiger partial charge in [0.05, 0.1) is 16.3 Å². The van der Waals surface area contributed by atoms with Gasteiger partial charge in [-0.25, -0.2) is 0 Å². The molecule has 2 amide bonds. The van der Waals surface area contributed by atoms with Gasteiger partial charge < -0.3 is 10.2 Å². The predicted molar refractivity (Wildman–Crippen MR) is 95.2 cm³/mol. The molecule has 2 heterocycles. The van der Waals surface area contributed by atoms with E-state index in [1.165, 1.54) is 0 Å². The Morgan fingerprint density at radius 2 is 1.79 bits per heavy atom. The first-order chi connectivity index (χ1) is 11.5. The maximum atomic E-state index is 12.5. The zero-order valence-corrected chi connectivity index (χ0v) is 14.2. The van der Waals surface area contributed by atoms with Gasteiger partial charge >= 0.3 is 0 Å². The number of hydrogen-bond donors (Lipinski definition) is 1. The second-order valence-corrected chi connectivity index (χ2v) is 6.86. The molecule has 2 aliphatic rings. The molecule has 0 saturated carbocycles. The Hall–Kier alpha value is -2.04. The summed E-state index contributed by atoms with van der Waals surface area (Å²) >= 11 is 12.0. The molecule has 0 bridgehead atoms. The number of rotatable bonds is 2. The number of anilines is 2. The molecule has 0 unspecified atom stereocenters. The van der Waals surface area contributed by atoms with Crippen molar-refractivity contribution in [2.75, 3.05) is 16.8 Å². The van der Waals surface area contributed by atoms with Gasteiger partial charge in [0.25, 0.3) is 5.91 Å². The first kappa shape index (κ1) is 15.5. The Balaban J connectivity index is 1.64. The summed E-state index contributed by atoms with van der Waals surface area (Å²) in [4.78, 5) is 26.3. The topological polar surface area (TPSA) is 49.4 Å². The van der Waals surface area contributed by atoms with E-state index in [4.69, 9.17) is 23.2 Å². The van der Waals surface area contributed by atoms with Gasteiger partial charge in [-0.15, -0.1) is 0 Å². The van der Waals surface area contributed by atoms with Crippen LogP contribution in [0.4, 0.5) is 11.4 Å². The number of hydrogen-bond acceptors (Lipinski definition) is 2. The summed E-state index contributed by atoms with van der Waals surface area (Å²) in [7, 11) is 0. The van der Waals surface area contributed by atoms with Crippen LogP contribution in [0.2, 0.25) is 10.0 Å². The van der Waals surface area contributed by atoms with E-state index in [1.807, 2.05) is 17.0 Å². The van der Waals surface area contributed by atoms with Crippen LogP contribution in [0.5, 0.6) is 0 Å². The summed E-state index contributed by atoms with van der Waals surface area (Å²) in [6.07, 6.45) is 2.05. The van der Waals surface area contributed by atoms with E-state index < -0.39 is 0 Å². The van der Waals surface area contributed by atoms with Crippen molar-refractivity contribution in [2.24, 2.45) is 0 Å². The number of nitrogens with one attached hydrogen (secondary N) is 1. The van der Waals surface area contributed by atoms with E-state index in [1.54, 1.807) is 18.2 Å². The Kier molecular flexibility index (Phi) is 3.74. The van der Waals surface area contributed by atoms with Crippen LogP contribution >= 0.6 is 23.2 Å². The van der Waals surface area contributed by atoms with Crippen LogP contribution in [-0.2, 0) is 17.6 Å². The van der Waals surface area contributed by atoms with Crippen molar-refractivity contribution >= 4 is 46.4 Å². The molecule has 0 radical (unpaired) electrons. The van der Waals surface area contributed by atoms with Gasteiger partial charge in [-0.3, -0.25) is 9.59 Å². The fourth-order valence-electron chi connectivity index (χ4n) is 3.40. The lowest BCUT2D eigenvalue weighted by atomic mass is 9.98. The summed E-state index contributed by atoms with van der Waals surface area (Å²) in [5, 5.41) is 3.71. The van der Waals surface area contributed by atoms with E-state index in [0.717, 1.165) is 35.5 Å². The van der Waals surface area contributed by atoms with Gasteiger partial charge in [0, 0.05) is 23.7 Å². The van der Waals surface area contributed by atoms with E-state index in [9.17, 15) is 9.59 Å². The van der Waals surface area contributed by atoms with Crippen LogP contribution < -0.4 is 10.2 Å². The van der Waals surface area contributed by atoms with Crippen molar-refractivity contribution in [2.45, 2.75) is 19.3 Å². The largest absolute Gasteiger partial charge is 0.322 e. The number of benzene rings is 2. The van der Waals surface area contributed by atoms with Gasteiger partial charge in [-0.1, -0.05) is 23.2 Å². The fourth-order valence-corrected chi connectivity index (χ4v) is 3.90. The summed E-state index contributed by atoms with van der Waals surface area (Å²) in [5.74, 6) is -0.0865. The number of halogens is 2. The summed E-state index contributed by atoms with van der Waals surface area (Å²) in [5.41, 5.74) is 4.37. The molecule has 6 heteroatoms. The predicted octanol–water partition coefficient (Wildman–Crippen LogP) is 4.08. The molecule has 0 aromatic heterocycles. The van der Waals surface area contributed by atoms with Crippen molar-refractivity contribution in [3.8, 4) is 0 Å². The third kappa shape index (κ3) is 2.56. The lowest BCUT2D eigenvalue weighted by Crippen LogP contribution is -2.32. The maximum absolute atomic E-state index is 12.5. The minimum atomic E-state index is -0.273. The van der Waals surface area contributed by atoms with Crippen LogP contribution in [0.1, 0.15) is 27.9 Å². The molecule has 122 valence electrons. The number of carbonyl (C=O) groups excluding carboxylic acids is 2. The van der Waals surface area contributed by atoms with Gasteiger partial charge in [0.2, 0.25) is 5.91 Å². The van der Waals surface area contributed by atoms with Gasteiger partial charge in [0.1, 0.15) is 0 Å². The number of amides is 2. The quantitative estimate of drug-likeness (QED) is 0.876. The van der Waals surface area contributed by atoms with Crippen LogP contribution in [0.15, 0.2) is 30.3 Å². The van der Waals surface area contributed by atoms with E-state index >= 15 is 0 Å². The summed E-state index contributed by atoms with van der Waals surface area (Å²) < 4.78 is 0. The molecular formula is C18H14Cl2N2O2. The molecule has 2 aromatic rings. The molecule has 0 spiro atoms. The van der Waals surface area contributed by atoms with Crippen molar-refractivity contribution < 1.29 is 9.59 Å². The average Bonchev–Trinajstić information content (AvgIpc) is 2.96. The van der Waals surface area contributed by atoms with Gasteiger partial charge in [-0.2, -0.15) is 0 Å². The van der Waals surface area contributed by atoms with Gasteiger partial charge in [-0.05, 0) is 54.3 Å². The fraction of sp³-hybridized carbons (Fsp3) is 0.222. The number of aryl methyl sites for hydroxylation is 1. The highest BCUT2D eigenvalue weighted by molar-refractivity contribution is 6.37. The molecule has 1 N–H and O–H groups in total. The first-order valence-corrected chi connectivity index (χ1v) is 8.51. The third-order valence-corrected chi connectivity index (χ3v) is 5.03. The van der Waals surface area contributed by atoms with Crippen LogP contribution in [0, 0.1) is 0 Å². The van der Waals surface area contributed by atoms with Gasteiger partial charge in [0.15, 0.2) is 0 Å². The molecule has 2 aliphatic heterocycles. The van der Waals surface area contributed by atoms with Crippen molar-refractivity contribution in [3.63, 3.8) is 0 Å². The normalized spacial score (nSPS) is 15.4. The van der Waals surface area contributed by atoms with Crippen LogP contribution in [0.25, 0.3) is 0 Å². The Labute approximate surface area is 149 Å². The van der Waals surface area contributed by atoms with E-state index in [-0.39, 0.29) is 11.8 Å². The van der Waals surface area contributed by atoms with Crippen molar-refractivity contribution in [1.29, 1.82) is 0 Å². The van der Waals surface area contributed by atoms with E-state index in [0.29, 0.717) is 28.5 Å². The molecule has 0 atom stereocenters. The first-order valence-electron chi connectivity index (χ1n) is 7.75. The second kappa shape index (κ2) is 5.80. The smallest absolute Gasteiger partial charge is 0.257 e. The minimum Gasteiger partial charge on any atom is -0.322 e. The Morgan fingerprint density at radius 1 is 1.04 bits per heavy atom. The molecule has 0 aliphatic carbocycles. The van der Waals surface area contributed by atoms with Crippen molar-refractivity contribution in [3.05, 3.63) is 57.1 Å². The monoisotopic (exact) mass is 360 g/mol. The summed E-state index contributed by atoms with van der Waals surface area (Å²) in [6, 6.07) is 8.69. The standard InChI is InChI=1S/C18H14Cl2N2O2/c19-12-2-3-14(15(20)9-12)18(24)21-13-7-10-1-4-16(23)22-6-5-11(8-13)17(10)22/h2-3,7-9H,1,4-6H2,(H,21,24). The minimum absolute atomic E-state index is 0.186. The van der Waals surface area contributed by atoms with E-state index in [2.05, 4.69) is 5.32 Å². The second-order valence-electron chi connectivity index (χ2n) is 6.02. The molecule has 2 aromatic carbocycles. The molecule has 4 rings (SSSR count). The maximum Gasteiger partial charge on any atom is 0.257 e. The highest BCUT2D eigenvalue weighted by Crippen LogP contribution is 2.38.